The van der Waals surface area contributed by atoms with Gasteiger partial charge in [0.25, 0.3) is 0 Å². The summed E-state index contributed by atoms with van der Waals surface area (Å²) >= 11 is 3.64. The van der Waals surface area contributed by atoms with Gasteiger partial charge in [-0.1, -0.05) is 36.7 Å². The van der Waals surface area contributed by atoms with Gasteiger partial charge >= 0.3 is 0 Å². The van der Waals surface area contributed by atoms with Crippen molar-refractivity contribution in [3.05, 3.63) is 0 Å². The first-order valence-electron chi connectivity index (χ1n) is 6.25. The van der Waals surface area contributed by atoms with Crippen LogP contribution in [0.4, 0.5) is 0 Å². The van der Waals surface area contributed by atoms with Crippen molar-refractivity contribution >= 4 is 15.9 Å². The van der Waals surface area contributed by atoms with Gasteiger partial charge in [0.1, 0.15) is 0 Å². The second-order valence-electron chi connectivity index (χ2n) is 4.55. The lowest BCUT2D eigenvalue weighted by molar-refractivity contribution is 0.202. The highest BCUT2D eigenvalue weighted by atomic mass is 79.9. The van der Waals surface area contributed by atoms with Gasteiger partial charge in [0.05, 0.1) is 0 Å². The van der Waals surface area contributed by atoms with Crippen LogP contribution in [0.15, 0.2) is 0 Å². The monoisotopic (exact) mass is 276 g/mol. The first kappa shape index (κ1) is 13.5. The van der Waals surface area contributed by atoms with Crippen LogP contribution >= 0.6 is 15.9 Å². The zero-order chi connectivity index (χ0) is 11.3. The summed E-state index contributed by atoms with van der Waals surface area (Å²) in [6, 6.07) is 0.764. The number of rotatable bonds is 6. The summed E-state index contributed by atoms with van der Waals surface area (Å²) in [6.07, 6.45) is 1.37. The first-order chi connectivity index (χ1) is 7.22. The molecule has 3 heteroatoms. The van der Waals surface area contributed by atoms with Gasteiger partial charge in [-0.25, -0.2) is 0 Å². The van der Waals surface area contributed by atoms with E-state index in [-0.39, 0.29) is 0 Å². The molecule has 2 atom stereocenters. The average molecular weight is 277 g/mol. The molecule has 1 aliphatic rings. The average Bonchev–Trinajstić information content (AvgIpc) is 2.61. The van der Waals surface area contributed by atoms with Gasteiger partial charge in [-0.05, 0) is 32.0 Å². The van der Waals surface area contributed by atoms with Crippen LogP contribution < -0.4 is 0 Å². The van der Waals surface area contributed by atoms with Crippen molar-refractivity contribution in [1.29, 1.82) is 0 Å². The van der Waals surface area contributed by atoms with Crippen LogP contribution in [0, 0.1) is 5.92 Å². The fourth-order valence-corrected chi connectivity index (χ4v) is 3.47. The summed E-state index contributed by atoms with van der Waals surface area (Å²) in [5.41, 5.74) is 0. The minimum Gasteiger partial charge on any atom is -0.303 e. The van der Waals surface area contributed by atoms with Crippen LogP contribution in [0.1, 0.15) is 27.2 Å². The molecule has 0 saturated carbocycles. The molecule has 0 aliphatic carbocycles. The van der Waals surface area contributed by atoms with Crippen molar-refractivity contribution in [1.82, 2.24) is 9.80 Å². The molecular weight excluding hydrogens is 252 g/mol. The highest BCUT2D eigenvalue weighted by Crippen LogP contribution is 2.24. The summed E-state index contributed by atoms with van der Waals surface area (Å²) in [4.78, 5) is 5.16. The molecular formula is C12H25BrN2. The van der Waals surface area contributed by atoms with E-state index in [0.717, 1.165) is 17.3 Å². The van der Waals surface area contributed by atoms with E-state index >= 15 is 0 Å². The second kappa shape index (κ2) is 6.87. The molecule has 0 aromatic carbocycles. The van der Waals surface area contributed by atoms with Crippen molar-refractivity contribution in [2.75, 3.05) is 38.1 Å². The van der Waals surface area contributed by atoms with Gasteiger partial charge in [0, 0.05) is 24.5 Å². The normalized spacial score (nSPS) is 27.8. The third-order valence-electron chi connectivity index (χ3n) is 3.75. The molecule has 1 aliphatic heterocycles. The maximum absolute atomic E-state index is 3.64. The largest absolute Gasteiger partial charge is 0.303 e. The summed E-state index contributed by atoms with van der Waals surface area (Å²) in [7, 11) is 0. The third kappa shape index (κ3) is 3.72. The zero-order valence-corrected chi connectivity index (χ0v) is 12.0. The van der Waals surface area contributed by atoms with E-state index < -0.39 is 0 Å². The second-order valence-corrected chi connectivity index (χ2v) is 5.20. The van der Waals surface area contributed by atoms with Gasteiger partial charge in [-0.15, -0.1) is 0 Å². The van der Waals surface area contributed by atoms with Crippen LogP contribution in [0.25, 0.3) is 0 Å². The van der Waals surface area contributed by atoms with Crippen LogP contribution in [0.3, 0.4) is 0 Å². The number of likely N-dealkylation sites (N-methyl/N-ethyl adjacent to an activating group) is 1. The predicted molar refractivity (Wildman–Crippen MR) is 70.7 cm³/mol. The van der Waals surface area contributed by atoms with E-state index in [2.05, 4.69) is 46.5 Å². The Morgan fingerprint density at radius 3 is 2.53 bits per heavy atom. The molecule has 0 aromatic rings. The maximum atomic E-state index is 3.64. The molecule has 2 unspecified atom stereocenters. The fourth-order valence-electron chi connectivity index (χ4n) is 2.42. The Morgan fingerprint density at radius 2 is 2.00 bits per heavy atom. The number of nitrogens with zero attached hydrogens (tertiary/aromatic N) is 2. The number of hydrogen-bond donors (Lipinski definition) is 0. The third-order valence-corrected chi connectivity index (χ3v) is 4.42. The van der Waals surface area contributed by atoms with E-state index in [4.69, 9.17) is 0 Å². The van der Waals surface area contributed by atoms with Gasteiger partial charge in [0.15, 0.2) is 0 Å². The lowest BCUT2D eigenvalue weighted by Crippen LogP contribution is -2.39. The Balaban J connectivity index is 2.31. The minimum atomic E-state index is 0.764. The highest BCUT2D eigenvalue weighted by molar-refractivity contribution is 9.09. The Bertz CT molecular complexity index is 171. The molecule has 0 aromatic heterocycles. The van der Waals surface area contributed by atoms with Crippen molar-refractivity contribution < 1.29 is 0 Å². The van der Waals surface area contributed by atoms with Crippen LogP contribution in [-0.2, 0) is 0 Å². The molecule has 0 radical (unpaired) electrons. The summed E-state index contributed by atoms with van der Waals surface area (Å²) in [6.45, 7) is 13.0. The molecule has 1 heterocycles. The molecule has 0 amide bonds. The molecule has 1 fully saturated rings. The van der Waals surface area contributed by atoms with E-state index in [9.17, 15) is 0 Å². The Labute approximate surface area is 103 Å². The Hall–Kier alpha value is 0.400. The van der Waals surface area contributed by atoms with Crippen molar-refractivity contribution in [2.45, 2.75) is 33.2 Å². The highest BCUT2D eigenvalue weighted by Gasteiger charge is 2.29. The standard InChI is InChI=1S/C12H25BrN2/c1-4-14(5-2)8-9-15-7-6-11(3)12(15)10-13/h11-12H,4-10H2,1-3H3. The number of alkyl halides is 1. The summed E-state index contributed by atoms with van der Waals surface area (Å²) < 4.78 is 0. The molecule has 1 rings (SSSR count). The molecule has 0 spiro atoms. The summed E-state index contributed by atoms with van der Waals surface area (Å²) in [5, 5.41) is 1.13. The SMILES string of the molecule is CCN(CC)CCN1CCC(C)C1CBr. The molecule has 0 bridgehead atoms. The van der Waals surface area contributed by atoms with E-state index in [1.54, 1.807) is 0 Å². The Morgan fingerprint density at radius 1 is 1.33 bits per heavy atom. The van der Waals surface area contributed by atoms with E-state index in [1.807, 2.05) is 0 Å². The smallest absolute Gasteiger partial charge is 0.0219 e. The maximum Gasteiger partial charge on any atom is 0.0219 e. The molecule has 15 heavy (non-hydrogen) atoms. The van der Waals surface area contributed by atoms with Gasteiger partial charge < -0.3 is 4.90 Å². The molecule has 0 N–H and O–H groups in total. The quantitative estimate of drug-likeness (QED) is 0.688. The van der Waals surface area contributed by atoms with E-state index in [1.165, 1.54) is 39.1 Å². The van der Waals surface area contributed by atoms with Crippen LogP contribution in [0.5, 0.6) is 0 Å². The number of hydrogen-bond acceptors (Lipinski definition) is 2. The zero-order valence-electron chi connectivity index (χ0n) is 10.4. The molecule has 2 nitrogen and oxygen atoms in total. The van der Waals surface area contributed by atoms with Crippen molar-refractivity contribution in [2.24, 2.45) is 5.92 Å². The van der Waals surface area contributed by atoms with Crippen molar-refractivity contribution in [3.8, 4) is 0 Å². The number of likely N-dealkylation sites (tertiary alicyclic amines) is 1. The molecule has 90 valence electrons. The topological polar surface area (TPSA) is 6.48 Å². The van der Waals surface area contributed by atoms with Gasteiger partial charge in [-0.2, -0.15) is 0 Å². The minimum absolute atomic E-state index is 0.764. The van der Waals surface area contributed by atoms with Crippen molar-refractivity contribution in [3.63, 3.8) is 0 Å². The fraction of sp³-hybridized carbons (Fsp3) is 1.00. The van der Waals surface area contributed by atoms with Gasteiger partial charge in [0.2, 0.25) is 0 Å². The Kier molecular flexibility index (Phi) is 6.17. The van der Waals surface area contributed by atoms with Crippen LogP contribution in [-0.4, -0.2) is 53.9 Å². The molecule has 1 saturated heterocycles. The predicted octanol–water partition coefficient (Wildman–Crippen LogP) is 2.43. The lowest BCUT2D eigenvalue weighted by atomic mass is 10.1. The van der Waals surface area contributed by atoms with Gasteiger partial charge in [-0.3, -0.25) is 4.90 Å². The summed E-state index contributed by atoms with van der Waals surface area (Å²) in [5.74, 6) is 0.862. The lowest BCUT2D eigenvalue weighted by Gasteiger charge is -2.28. The number of halogens is 1. The van der Waals surface area contributed by atoms with E-state index in [0.29, 0.717) is 0 Å². The van der Waals surface area contributed by atoms with Crippen LogP contribution in [0.2, 0.25) is 0 Å². The first-order valence-corrected chi connectivity index (χ1v) is 7.37.